The number of carboxylic acids is 1. The zero-order chi connectivity index (χ0) is 16.7. The van der Waals surface area contributed by atoms with E-state index >= 15 is 0 Å². The fraction of sp³-hybridized carbons (Fsp3) is 0.550. The first kappa shape index (κ1) is 16.2. The average Bonchev–Trinajstić information content (AvgIpc) is 3.20. The van der Waals surface area contributed by atoms with Crippen LogP contribution in [0.5, 0.6) is 0 Å². The molecule has 3 nitrogen and oxygen atoms in total. The lowest BCUT2D eigenvalue weighted by molar-refractivity contribution is 0.0697. The molecule has 0 amide bonds. The first-order chi connectivity index (χ1) is 11.7. The second kappa shape index (κ2) is 6.55. The summed E-state index contributed by atoms with van der Waals surface area (Å²) in [4.78, 5) is 11.4. The number of carboxylic acid groups (broad SMARTS) is 1. The summed E-state index contributed by atoms with van der Waals surface area (Å²) in [6.07, 6.45) is 11.4. The third kappa shape index (κ3) is 2.69. The van der Waals surface area contributed by atoms with Gasteiger partial charge in [-0.1, -0.05) is 38.2 Å². The van der Waals surface area contributed by atoms with Crippen molar-refractivity contribution in [3.63, 3.8) is 0 Å². The number of aromatic carboxylic acids is 1. The fourth-order valence-corrected chi connectivity index (χ4v) is 5.76. The number of benzene rings is 1. The molecule has 0 bridgehead atoms. The molecule has 1 heterocycles. The van der Waals surface area contributed by atoms with Crippen molar-refractivity contribution in [1.29, 1.82) is 0 Å². The van der Waals surface area contributed by atoms with E-state index in [9.17, 15) is 9.90 Å². The Balaban J connectivity index is 1.91. The Bertz CT molecular complexity index is 768. The molecule has 1 aromatic heterocycles. The van der Waals surface area contributed by atoms with Gasteiger partial charge in [-0.05, 0) is 65.2 Å². The lowest BCUT2D eigenvalue weighted by Crippen LogP contribution is -2.07. The maximum Gasteiger partial charge on any atom is 0.335 e. The van der Waals surface area contributed by atoms with Crippen LogP contribution in [-0.4, -0.2) is 15.6 Å². The fourth-order valence-electron chi connectivity index (χ4n) is 4.74. The number of aromatic nitrogens is 1. The van der Waals surface area contributed by atoms with E-state index in [1.165, 1.54) is 73.3 Å². The topological polar surface area (TPSA) is 42.2 Å². The molecule has 24 heavy (non-hydrogen) atoms. The largest absolute Gasteiger partial charge is 0.478 e. The Hall–Kier alpha value is -1.29. The number of rotatable bonds is 3. The summed E-state index contributed by atoms with van der Waals surface area (Å²) >= 11 is 3.92. The van der Waals surface area contributed by atoms with E-state index in [1.54, 1.807) is 6.07 Å². The summed E-state index contributed by atoms with van der Waals surface area (Å²) in [6.45, 7) is 0. The van der Waals surface area contributed by atoms with Crippen molar-refractivity contribution in [3.8, 4) is 0 Å². The first-order valence-electron chi connectivity index (χ1n) is 9.23. The molecule has 0 saturated heterocycles. The van der Waals surface area contributed by atoms with E-state index in [1.807, 2.05) is 12.1 Å². The Morgan fingerprint density at radius 1 is 1.04 bits per heavy atom. The SMILES string of the molecule is O=C(O)c1ccc2c(C3CCCCC3)c(Br)n(C3CCCC3)c2c1. The molecule has 0 unspecified atom stereocenters. The molecule has 0 atom stereocenters. The predicted molar refractivity (Wildman–Crippen MR) is 99.9 cm³/mol. The molecule has 4 heteroatoms. The zero-order valence-corrected chi connectivity index (χ0v) is 15.5. The number of carbonyl (C=O) groups is 1. The van der Waals surface area contributed by atoms with Crippen LogP contribution in [0.4, 0.5) is 0 Å². The summed E-state index contributed by atoms with van der Waals surface area (Å²) in [5.41, 5.74) is 2.92. The van der Waals surface area contributed by atoms with Crippen molar-refractivity contribution >= 4 is 32.8 Å². The number of hydrogen-bond acceptors (Lipinski definition) is 1. The third-order valence-corrected chi connectivity index (χ3v) is 6.74. The van der Waals surface area contributed by atoms with Crippen LogP contribution < -0.4 is 0 Å². The van der Waals surface area contributed by atoms with Crippen LogP contribution in [0.2, 0.25) is 0 Å². The number of hydrogen-bond donors (Lipinski definition) is 1. The highest BCUT2D eigenvalue weighted by Crippen LogP contribution is 2.45. The molecule has 1 N–H and O–H groups in total. The van der Waals surface area contributed by atoms with Gasteiger partial charge >= 0.3 is 5.97 Å². The van der Waals surface area contributed by atoms with Crippen LogP contribution in [0.1, 0.15) is 85.7 Å². The molecule has 2 aliphatic rings. The van der Waals surface area contributed by atoms with Gasteiger partial charge in [0.05, 0.1) is 15.7 Å². The zero-order valence-electron chi connectivity index (χ0n) is 13.9. The molecular formula is C20H24BrNO2. The lowest BCUT2D eigenvalue weighted by Gasteiger charge is -2.22. The van der Waals surface area contributed by atoms with E-state index in [4.69, 9.17) is 0 Å². The second-order valence-corrected chi connectivity index (χ2v) is 8.14. The molecule has 2 saturated carbocycles. The summed E-state index contributed by atoms with van der Waals surface area (Å²) in [5, 5.41) is 10.7. The van der Waals surface area contributed by atoms with Crippen LogP contribution in [0.3, 0.4) is 0 Å². The van der Waals surface area contributed by atoms with Gasteiger partial charge < -0.3 is 9.67 Å². The van der Waals surface area contributed by atoms with Crippen LogP contribution >= 0.6 is 15.9 Å². The molecule has 128 valence electrons. The van der Waals surface area contributed by atoms with Crippen molar-refractivity contribution in [2.45, 2.75) is 69.7 Å². The van der Waals surface area contributed by atoms with Crippen molar-refractivity contribution in [3.05, 3.63) is 33.9 Å². The average molecular weight is 390 g/mol. The maximum absolute atomic E-state index is 11.4. The minimum absolute atomic E-state index is 0.391. The van der Waals surface area contributed by atoms with Crippen molar-refractivity contribution in [1.82, 2.24) is 4.57 Å². The third-order valence-electron chi connectivity index (χ3n) is 5.93. The monoisotopic (exact) mass is 389 g/mol. The van der Waals surface area contributed by atoms with Gasteiger partial charge in [0.1, 0.15) is 0 Å². The first-order valence-corrected chi connectivity index (χ1v) is 10.0. The van der Waals surface area contributed by atoms with E-state index in [0.717, 1.165) is 5.52 Å². The van der Waals surface area contributed by atoms with Crippen LogP contribution in [-0.2, 0) is 0 Å². The number of halogens is 1. The van der Waals surface area contributed by atoms with Crippen LogP contribution in [0, 0.1) is 0 Å². The quantitative estimate of drug-likeness (QED) is 0.672. The Morgan fingerprint density at radius 3 is 2.38 bits per heavy atom. The Labute approximate surface area is 151 Å². The van der Waals surface area contributed by atoms with Gasteiger partial charge in [-0.2, -0.15) is 0 Å². The second-order valence-electron chi connectivity index (χ2n) is 7.38. The summed E-state index contributed by atoms with van der Waals surface area (Å²) < 4.78 is 3.61. The molecule has 0 spiro atoms. The minimum atomic E-state index is -0.841. The van der Waals surface area contributed by atoms with Gasteiger partial charge in [-0.15, -0.1) is 0 Å². The van der Waals surface area contributed by atoms with Crippen LogP contribution in [0.15, 0.2) is 22.8 Å². The maximum atomic E-state index is 11.4. The Kier molecular flexibility index (Phi) is 4.42. The number of fused-ring (bicyclic) bond motifs is 1. The summed E-state index contributed by atoms with van der Waals surface area (Å²) in [6, 6.07) is 6.19. The van der Waals surface area contributed by atoms with E-state index < -0.39 is 5.97 Å². The van der Waals surface area contributed by atoms with Crippen molar-refractivity contribution in [2.24, 2.45) is 0 Å². The van der Waals surface area contributed by atoms with Gasteiger partial charge in [0, 0.05) is 11.4 Å². The van der Waals surface area contributed by atoms with Gasteiger partial charge in [0.25, 0.3) is 0 Å². The molecular weight excluding hydrogens is 366 g/mol. The normalized spacial score (nSPS) is 20.0. The van der Waals surface area contributed by atoms with Gasteiger partial charge in [-0.3, -0.25) is 0 Å². The highest BCUT2D eigenvalue weighted by molar-refractivity contribution is 9.10. The molecule has 2 aromatic rings. The van der Waals surface area contributed by atoms with Gasteiger partial charge in [0.2, 0.25) is 0 Å². The molecule has 4 rings (SSSR count). The molecule has 0 aliphatic heterocycles. The smallest absolute Gasteiger partial charge is 0.335 e. The molecule has 1 aromatic carbocycles. The number of nitrogens with zero attached hydrogens (tertiary/aromatic N) is 1. The molecule has 2 aliphatic carbocycles. The highest BCUT2D eigenvalue weighted by Gasteiger charge is 2.28. The Morgan fingerprint density at radius 2 is 1.71 bits per heavy atom. The lowest BCUT2D eigenvalue weighted by atomic mass is 9.84. The van der Waals surface area contributed by atoms with E-state index in [0.29, 0.717) is 17.5 Å². The minimum Gasteiger partial charge on any atom is -0.478 e. The van der Waals surface area contributed by atoms with Gasteiger partial charge in [-0.25, -0.2) is 4.79 Å². The summed E-state index contributed by atoms with van der Waals surface area (Å²) in [7, 11) is 0. The van der Waals surface area contributed by atoms with Crippen molar-refractivity contribution < 1.29 is 9.90 Å². The summed E-state index contributed by atoms with van der Waals surface area (Å²) in [5.74, 6) is -0.236. The van der Waals surface area contributed by atoms with Crippen molar-refractivity contribution in [2.75, 3.05) is 0 Å². The highest BCUT2D eigenvalue weighted by atomic mass is 79.9. The molecule has 0 radical (unpaired) electrons. The predicted octanol–water partition coefficient (Wildman–Crippen LogP) is 6.26. The van der Waals surface area contributed by atoms with Gasteiger partial charge in [0.15, 0.2) is 0 Å². The van der Waals surface area contributed by atoms with E-state index in [2.05, 4.69) is 20.5 Å². The standard InChI is InChI=1S/C20H24BrNO2/c21-19-18(13-6-2-1-3-7-13)16-11-10-14(20(23)24)12-17(16)22(19)15-8-4-5-9-15/h10-13,15H,1-9H2,(H,23,24). The van der Waals surface area contributed by atoms with E-state index in [-0.39, 0.29) is 0 Å². The molecule has 2 fully saturated rings. The van der Waals surface area contributed by atoms with Crippen LogP contribution in [0.25, 0.3) is 10.9 Å².